The molecule has 0 saturated heterocycles. The Morgan fingerprint density at radius 3 is 1.82 bits per heavy atom. The van der Waals surface area contributed by atoms with Gasteiger partial charge in [-0.25, -0.2) is 0 Å². The summed E-state index contributed by atoms with van der Waals surface area (Å²) in [7, 11) is 0. The van der Waals surface area contributed by atoms with Gasteiger partial charge in [-0.1, -0.05) is 97.1 Å². The lowest BCUT2D eigenvalue weighted by atomic mass is 9.96. The monoisotopic (exact) mass is 590 g/mol. The SMILES string of the molecule is N#Cc1c2ccccc2cc2cc(C=Cc3ccc(N(c4ccc(C(F)(F)F)cc4)c4cccc5ccccc45)cc3)ccc12. The van der Waals surface area contributed by atoms with Crippen molar-refractivity contribution in [1.29, 1.82) is 5.26 Å². The van der Waals surface area contributed by atoms with Crippen LogP contribution in [0.15, 0.2) is 140 Å². The third kappa shape index (κ3) is 5.39. The lowest BCUT2D eigenvalue weighted by Gasteiger charge is -2.27. The zero-order valence-electron chi connectivity index (χ0n) is 24.0. The van der Waals surface area contributed by atoms with Crippen LogP contribution >= 0.6 is 0 Å². The standard InChI is InChI=1S/C40H25F3N2/c41-40(42,43)32-17-21-34(22-18-32)45(39-11-5-8-29-6-1-4-10-37(29)39)33-19-14-27(15-20-33)12-13-28-16-23-36-31(24-28)25-30-7-2-3-9-35(30)38(36)26-44/h1-25H. The van der Waals surface area contributed by atoms with Crippen LogP contribution < -0.4 is 4.90 Å². The van der Waals surface area contributed by atoms with E-state index in [4.69, 9.17) is 0 Å². The summed E-state index contributed by atoms with van der Waals surface area (Å²) in [6, 6.07) is 45.6. The van der Waals surface area contributed by atoms with Crippen LogP contribution in [0.2, 0.25) is 0 Å². The first-order valence-electron chi connectivity index (χ1n) is 14.5. The van der Waals surface area contributed by atoms with Gasteiger partial charge >= 0.3 is 6.18 Å². The second kappa shape index (κ2) is 11.3. The molecule has 7 aromatic carbocycles. The van der Waals surface area contributed by atoms with Crippen molar-refractivity contribution in [3.63, 3.8) is 0 Å². The van der Waals surface area contributed by atoms with Gasteiger partial charge in [0, 0.05) is 27.5 Å². The molecule has 2 nitrogen and oxygen atoms in total. The van der Waals surface area contributed by atoms with Crippen LogP contribution in [0.1, 0.15) is 22.3 Å². The smallest absolute Gasteiger partial charge is 0.310 e. The van der Waals surface area contributed by atoms with Gasteiger partial charge in [-0.05, 0) is 81.9 Å². The molecule has 0 aliphatic heterocycles. The molecule has 0 radical (unpaired) electrons. The highest BCUT2D eigenvalue weighted by molar-refractivity contribution is 6.05. The lowest BCUT2D eigenvalue weighted by Crippen LogP contribution is -2.11. The fourth-order valence-corrected chi connectivity index (χ4v) is 5.87. The Balaban J connectivity index is 1.24. The molecule has 216 valence electrons. The molecule has 7 rings (SSSR count). The highest BCUT2D eigenvalue weighted by atomic mass is 19.4. The summed E-state index contributed by atoms with van der Waals surface area (Å²) in [5, 5.41) is 15.8. The van der Waals surface area contributed by atoms with Crippen LogP contribution in [0.3, 0.4) is 0 Å². The Morgan fingerprint density at radius 2 is 1.11 bits per heavy atom. The van der Waals surface area contributed by atoms with Crippen molar-refractivity contribution in [2.24, 2.45) is 0 Å². The predicted octanol–water partition coefficient (Wildman–Crippen LogP) is 11.7. The van der Waals surface area contributed by atoms with Crippen molar-refractivity contribution in [2.75, 3.05) is 4.90 Å². The van der Waals surface area contributed by atoms with E-state index in [1.165, 1.54) is 12.1 Å². The average molecular weight is 591 g/mol. The minimum atomic E-state index is -4.41. The van der Waals surface area contributed by atoms with E-state index in [9.17, 15) is 18.4 Å². The molecule has 7 aromatic rings. The molecule has 0 aliphatic carbocycles. The maximum atomic E-state index is 13.4. The summed E-state index contributed by atoms with van der Waals surface area (Å²) < 4.78 is 40.1. The number of hydrogen-bond donors (Lipinski definition) is 0. The molecule has 0 amide bonds. The van der Waals surface area contributed by atoms with Crippen molar-refractivity contribution in [3.05, 3.63) is 162 Å². The van der Waals surface area contributed by atoms with Gasteiger partial charge in [0.15, 0.2) is 0 Å². The molecule has 0 bridgehead atoms. The lowest BCUT2D eigenvalue weighted by molar-refractivity contribution is -0.137. The van der Waals surface area contributed by atoms with Gasteiger partial charge in [0.25, 0.3) is 0 Å². The summed E-state index contributed by atoms with van der Waals surface area (Å²) in [4.78, 5) is 1.98. The van der Waals surface area contributed by atoms with Crippen molar-refractivity contribution in [2.45, 2.75) is 6.18 Å². The highest BCUT2D eigenvalue weighted by Crippen LogP contribution is 2.40. The summed E-state index contributed by atoms with van der Waals surface area (Å²) in [6.07, 6.45) is -0.348. The third-order valence-electron chi connectivity index (χ3n) is 8.08. The summed E-state index contributed by atoms with van der Waals surface area (Å²) in [6.45, 7) is 0. The van der Waals surface area contributed by atoms with Crippen LogP contribution in [-0.4, -0.2) is 0 Å². The predicted molar refractivity (Wildman–Crippen MR) is 179 cm³/mol. The Hall–Kier alpha value is -5.86. The summed E-state index contributed by atoms with van der Waals surface area (Å²) in [5.74, 6) is 0. The molecule has 0 aromatic heterocycles. The number of benzene rings is 7. The molecule has 0 spiro atoms. The van der Waals surface area contributed by atoms with Gasteiger partial charge in [0.05, 0.1) is 16.8 Å². The van der Waals surface area contributed by atoms with E-state index in [2.05, 4.69) is 18.2 Å². The molecular formula is C40H25F3N2. The second-order valence-corrected chi connectivity index (χ2v) is 10.9. The fraction of sp³-hybridized carbons (Fsp3) is 0.0250. The topological polar surface area (TPSA) is 27.0 Å². The maximum absolute atomic E-state index is 13.4. The van der Waals surface area contributed by atoms with Gasteiger partial charge in [-0.2, -0.15) is 18.4 Å². The van der Waals surface area contributed by atoms with Gasteiger partial charge < -0.3 is 4.90 Å². The number of rotatable bonds is 5. The van der Waals surface area contributed by atoms with Crippen LogP contribution in [0, 0.1) is 11.3 Å². The van der Waals surface area contributed by atoms with Crippen molar-refractivity contribution in [3.8, 4) is 6.07 Å². The van der Waals surface area contributed by atoms with E-state index in [1.54, 1.807) is 0 Å². The van der Waals surface area contributed by atoms with Gasteiger partial charge in [0.2, 0.25) is 0 Å². The summed E-state index contributed by atoms with van der Waals surface area (Å²) >= 11 is 0. The average Bonchev–Trinajstić information content (AvgIpc) is 3.07. The van der Waals surface area contributed by atoms with E-state index < -0.39 is 11.7 Å². The zero-order valence-corrected chi connectivity index (χ0v) is 24.0. The number of nitriles is 1. The van der Waals surface area contributed by atoms with Crippen LogP contribution in [0.4, 0.5) is 30.2 Å². The van der Waals surface area contributed by atoms with Crippen LogP contribution in [-0.2, 0) is 6.18 Å². The number of fused-ring (bicyclic) bond motifs is 3. The number of nitrogens with zero attached hydrogens (tertiary/aromatic N) is 2. The molecule has 0 N–H and O–H groups in total. The van der Waals surface area contributed by atoms with Crippen molar-refractivity contribution < 1.29 is 13.2 Å². The van der Waals surface area contributed by atoms with Gasteiger partial charge in [0.1, 0.15) is 6.07 Å². The van der Waals surface area contributed by atoms with E-state index in [1.807, 2.05) is 120 Å². The Labute approximate surface area is 258 Å². The minimum Gasteiger partial charge on any atom is -0.310 e. The van der Waals surface area contributed by atoms with E-state index in [0.29, 0.717) is 11.3 Å². The van der Waals surface area contributed by atoms with Gasteiger partial charge in [-0.15, -0.1) is 0 Å². The van der Waals surface area contributed by atoms with Crippen LogP contribution in [0.25, 0.3) is 44.5 Å². The molecule has 0 aliphatic rings. The minimum absolute atomic E-state index is 0.628. The first-order valence-corrected chi connectivity index (χ1v) is 14.5. The van der Waals surface area contributed by atoms with Crippen LogP contribution in [0.5, 0.6) is 0 Å². The molecule has 0 saturated carbocycles. The number of alkyl halides is 3. The molecule has 5 heteroatoms. The zero-order chi connectivity index (χ0) is 31.0. The molecule has 0 unspecified atom stereocenters. The second-order valence-electron chi connectivity index (χ2n) is 10.9. The quantitative estimate of drug-likeness (QED) is 0.147. The third-order valence-corrected chi connectivity index (χ3v) is 8.08. The van der Waals surface area contributed by atoms with E-state index >= 15 is 0 Å². The maximum Gasteiger partial charge on any atom is 0.416 e. The molecule has 0 heterocycles. The Morgan fingerprint density at radius 1 is 0.533 bits per heavy atom. The first-order chi connectivity index (χ1) is 21.9. The van der Waals surface area contributed by atoms with E-state index in [0.717, 1.165) is 67.0 Å². The Kier molecular flexibility index (Phi) is 7.04. The van der Waals surface area contributed by atoms with E-state index in [-0.39, 0.29) is 0 Å². The number of hydrogen-bond acceptors (Lipinski definition) is 2. The number of anilines is 3. The normalized spacial score (nSPS) is 11.8. The number of halogens is 3. The molecule has 45 heavy (non-hydrogen) atoms. The van der Waals surface area contributed by atoms with Crippen molar-refractivity contribution in [1.82, 2.24) is 0 Å². The first kappa shape index (κ1) is 27.9. The van der Waals surface area contributed by atoms with Gasteiger partial charge in [-0.3, -0.25) is 0 Å². The fourth-order valence-electron chi connectivity index (χ4n) is 5.87. The summed E-state index contributed by atoms with van der Waals surface area (Å²) in [5.41, 5.74) is 4.30. The molecule has 0 atom stereocenters. The molecular weight excluding hydrogens is 565 g/mol. The highest BCUT2D eigenvalue weighted by Gasteiger charge is 2.30. The van der Waals surface area contributed by atoms with Crippen molar-refractivity contribution >= 4 is 61.5 Å². The molecule has 0 fully saturated rings. The Bertz CT molecular complexity index is 2250. The largest absolute Gasteiger partial charge is 0.416 e.